The minimum absolute atomic E-state index is 0.0300. The van der Waals surface area contributed by atoms with E-state index in [-0.39, 0.29) is 30.3 Å². The number of hydrogen-bond acceptors (Lipinski definition) is 3. The van der Waals surface area contributed by atoms with Gasteiger partial charge in [0.1, 0.15) is 0 Å². The van der Waals surface area contributed by atoms with E-state index < -0.39 is 6.09 Å². The lowest BCUT2D eigenvalue weighted by molar-refractivity contribution is -0.141. The Bertz CT molecular complexity index is 402. The van der Waals surface area contributed by atoms with Gasteiger partial charge in [-0.25, -0.2) is 4.79 Å². The lowest BCUT2D eigenvalue weighted by Crippen LogP contribution is -2.59. The van der Waals surface area contributed by atoms with E-state index in [9.17, 15) is 14.4 Å². The maximum absolute atomic E-state index is 12.1. The molecule has 0 aromatic heterocycles. The summed E-state index contributed by atoms with van der Waals surface area (Å²) in [7, 11) is 1.57. The van der Waals surface area contributed by atoms with Crippen LogP contribution in [-0.2, 0) is 9.59 Å². The number of carboxylic acid groups (broad SMARTS) is 1. The van der Waals surface area contributed by atoms with Gasteiger partial charge in [0, 0.05) is 33.1 Å². The largest absolute Gasteiger partial charge is 0.465 e. The van der Waals surface area contributed by atoms with Crippen molar-refractivity contribution in [1.29, 1.82) is 0 Å². The molecule has 0 saturated carbocycles. The second-order valence-electron chi connectivity index (χ2n) is 5.35. The molecule has 2 atom stereocenters. The van der Waals surface area contributed by atoms with Crippen molar-refractivity contribution in [2.75, 3.05) is 26.7 Å². The zero-order chi connectivity index (χ0) is 14.7. The maximum Gasteiger partial charge on any atom is 0.407 e. The summed E-state index contributed by atoms with van der Waals surface area (Å²) in [5, 5.41) is 11.7. The monoisotopic (exact) mass is 283 g/mol. The lowest BCUT2D eigenvalue weighted by Gasteiger charge is -2.43. The number of likely N-dealkylation sites (tertiary alicyclic amines) is 2. The van der Waals surface area contributed by atoms with Crippen molar-refractivity contribution < 1.29 is 19.5 Å². The Morgan fingerprint density at radius 1 is 1.30 bits per heavy atom. The number of piperidine rings is 2. The van der Waals surface area contributed by atoms with Crippen molar-refractivity contribution in [2.45, 2.75) is 31.7 Å². The van der Waals surface area contributed by atoms with Crippen LogP contribution in [0.1, 0.15) is 25.7 Å². The van der Waals surface area contributed by atoms with Gasteiger partial charge in [-0.2, -0.15) is 0 Å². The van der Waals surface area contributed by atoms with E-state index in [1.54, 1.807) is 11.9 Å². The summed E-state index contributed by atoms with van der Waals surface area (Å²) in [6, 6.07) is -0.340. The number of carbonyl (C=O) groups excluding carboxylic acids is 2. The van der Waals surface area contributed by atoms with Gasteiger partial charge in [-0.15, -0.1) is 0 Å². The fourth-order valence-electron chi connectivity index (χ4n) is 3.09. The van der Waals surface area contributed by atoms with E-state index in [2.05, 4.69) is 5.32 Å². The van der Waals surface area contributed by atoms with Crippen molar-refractivity contribution >= 4 is 17.9 Å². The minimum atomic E-state index is -0.991. The number of rotatable bonds is 2. The van der Waals surface area contributed by atoms with Crippen LogP contribution in [0.3, 0.4) is 0 Å². The molecule has 112 valence electrons. The summed E-state index contributed by atoms with van der Waals surface area (Å²) < 4.78 is 0. The van der Waals surface area contributed by atoms with Crippen LogP contribution >= 0.6 is 0 Å². The molecule has 2 aliphatic rings. The molecule has 3 amide bonds. The third-order valence-electron chi connectivity index (χ3n) is 4.20. The molecule has 20 heavy (non-hydrogen) atoms. The van der Waals surface area contributed by atoms with Crippen LogP contribution in [0.4, 0.5) is 4.79 Å². The number of hydrogen-bond donors (Lipinski definition) is 2. The van der Waals surface area contributed by atoms with Crippen LogP contribution < -0.4 is 5.32 Å². The summed E-state index contributed by atoms with van der Waals surface area (Å²) in [6.45, 7) is 1.18. The van der Waals surface area contributed by atoms with Crippen molar-refractivity contribution in [3.63, 3.8) is 0 Å². The molecule has 2 aliphatic heterocycles. The smallest absolute Gasteiger partial charge is 0.407 e. The van der Waals surface area contributed by atoms with Gasteiger partial charge < -0.3 is 20.2 Å². The average molecular weight is 283 g/mol. The Kier molecular flexibility index (Phi) is 4.46. The van der Waals surface area contributed by atoms with Crippen LogP contribution in [-0.4, -0.2) is 65.5 Å². The van der Waals surface area contributed by atoms with Crippen molar-refractivity contribution in [3.8, 4) is 0 Å². The standard InChI is InChI=1S/C13H21N3O4/c1-14-12(18)9-5-7-15(13(19)20)8-10(9)16-6-3-2-4-11(16)17/h9-10H,2-8H2,1H3,(H,14,18)(H,19,20). The summed E-state index contributed by atoms with van der Waals surface area (Å²) in [5.74, 6) is -0.404. The third-order valence-corrected chi connectivity index (χ3v) is 4.20. The number of nitrogens with zero attached hydrogens (tertiary/aromatic N) is 2. The van der Waals surface area contributed by atoms with Crippen LogP contribution in [0, 0.1) is 5.92 Å². The molecule has 0 bridgehead atoms. The van der Waals surface area contributed by atoms with E-state index in [1.165, 1.54) is 4.90 Å². The highest BCUT2D eigenvalue weighted by Crippen LogP contribution is 2.26. The van der Waals surface area contributed by atoms with Crippen molar-refractivity contribution in [3.05, 3.63) is 0 Å². The lowest BCUT2D eigenvalue weighted by atomic mass is 9.88. The second kappa shape index (κ2) is 6.11. The third kappa shape index (κ3) is 2.86. The predicted molar refractivity (Wildman–Crippen MR) is 71.1 cm³/mol. The van der Waals surface area contributed by atoms with Gasteiger partial charge in [-0.1, -0.05) is 0 Å². The molecule has 2 saturated heterocycles. The molecule has 2 unspecified atom stereocenters. The molecule has 7 heteroatoms. The normalized spacial score (nSPS) is 27.4. The van der Waals surface area contributed by atoms with Gasteiger partial charge in [0.2, 0.25) is 11.8 Å². The average Bonchev–Trinajstić information content (AvgIpc) is 2.46. The molecular formula is C13H21N3O4. The Hall–Kier alpha value is -1.79. The fourth-order valence-corrected chi connectivity index (χ4v) is 3.09. The van der Waals surface area contributed by atoms with Crippen molar-refractivity contribution in [1.82, 2.24) is 15.1 Å². The van der Waals surface area contributed by atoms with Gasteiger partial charge in [0.15, 0.2) is 0 Å². The first-order valence-corrected chi connectivity index (χ1v) is 7.03. The molecule has 2 N–H and O–H groups in total. The molecule has 7 nitrogen and oxygen atoms in total. The summed E-state index contributed by atoms with van der Waals surface area (Å²) in [5.41, 5.74) is 0. The molecule has 0 spiro atoms. The summed E-state index contributed by atoms with van der Waals surface area (Å²) in [6.07, 6.45) is 1.74. The molecule has 2 rings (SSSR count). The van der Waals surface area contributed by atoms with Gasteiger partial charge in [0.05, 0.1) is 12.0 Å². The Morgan fingerprint density at radius 2 is 2.05 bits per heavy atom. The second-order valence-corrected chi connectivity index (χ2v) is 5.35. The zero-order valence-electron chi connectivity index (χ0n) is 11.7. The quantitative estimate of drug-likeness (QED) is 0.753. The topological polar surface area (TPSA) is 89.9 Å². The van der Waals surface area contributed by atoms with E-state index in [4.69, 9.17) is 5.11 Å². The maximum atomic E-state index is 12.1. The van der Waals surface area contributed by atoms with E-state index in [0.717, 1.165) is 12.8 Å². The molecule has 0 aromatic carbocycles. The van der Waals surface area contributed by atoms with Gasteiger partial charge in [0.25, 0.3) is 0 Å². The molecule has 0 radical (unpaired) electrons. The number of nitrogens with one attached hydrogen (secondary N) is 1. The zero-order valence-corrected chi connectivity index (χ0v) is 11.7. The van der Waals surface area contributed by atoms with Crippen LogP contribution in [0.15, 0.2) is 0 Å². The highest BCUT2D eigenvalue weighted by atomic mass is 16.4. The molecule has 0 aromatic rings. The van der Waals surface area contributed by atoms with Crippen molar-refractivity contribution in [2.24, 2.45) is 5.92 Å². The van der Waals surface area contributed by atoms with Gasteiger partial charge in [-0.3, -0.25) is 9.59 Å². The van der Waals surface area contributed by atoms with Crippen LogP contribution in [0.5, 0.6) is 0 Å². The van der Waals surface area contributed by atoms with E-state index >= 15 is 0 Å². The molecule has 2 fully saturated rings. The summed E-state index contributed by atoms with van der Waals surface area (Å²) in [4.78, 5) is 38.2. The molecule has 2 heterocycles. The van der Waals surface area contributed by atoms with Crippen LogP contribution in [0.25, 0.3) is 0 Å². The number of carbonyl (C=O) groups is 3. The SMILES string of the molecule is CNC(=O)C1CCN(C(=O)O)CC1N1CCCCC1=O. The Balaban J connectivity index is 2.18. The van der Waals surface area contributed by atoms with E-state index in [0.29, 0.717) is 25.9 Å². The highest BCUT2D eigenvalue weighted by Gasteiger charge is 2.40. The number of amides is 3. The van der Waals surface area contributed by atoms with Crippen LogP contribution in [0.2, 0.25) is 0 Å². The highest BCUT2D eigenvalue weighted by molar-refractivity contribution is 5.82. The molecular weight excluding hydrogens is 262 g/mol. The Labute approximate surface area is 117 Å². The first kappa shape index (κ1) is 14.6. The molecule has 0 aliphatic carbocycles. The predicted octanol–water partition coefficient (Wildman–Crippen LogP) is 0.113. The van der Waals surface area contributed by atoms with Gasteiger partial charge in [-0.05, 0) is 19.3 Å². The Morgan fingerprint density at radius 3 is 2.65 bits per heavy atom. The minimum Gasteiger partial charge on any atom is -0.465 e. The fraction of sp³-hybridized carbons (Fsp3) is 0.769. The first-order valence-electron chi connectivity index (χ1n) is 7.03. The first-order chi connectivity index (χ1) is 9.54. The van der Waals surface area contributed by atoms with E-state index in [1.807, 2.05) is 0 Å². The van der Waals surface area contributed by atoms with Gasteiger partial charge >= 0.3 is 6.09 Å². The summed E-state index contributed by atoms with van der Waals surface area (Å²) >= 11 is 0.